The average Bonchev–Trinajstić information content (AvgIpc) is 3.54. The molecule has 2 amide bonds. The van der Waals surface area contributed by atoms with Crippen LogP contribution in [-0.4, -0.2) is 62.7 Å². The van der Waals surface area contributed by atoms with Gasteiger partial charge in [-0.05, 0) is 29.1 Å². The van der Waals surface area contributed by atoms with Gasteiger partial charge in [-0.2, -0.15) is 5.10 Å². The molecule has 1 aliphatic heterocycles. The molecular formula is C26H24N4O3S. The Morgan fingerprint density at radius 2 is 1.47 bits per heavy atom. The number of aromatic nitrogens is 2. The lowest BCUT2D eigenvalue weighted by Gasteiger charge is -2.34. The molecule has 4 aromatic rings. The summed E-state index contributed by atoms with van der Waals surface area (Å²) in [5.74, 6) is -0.338. The number of para-hydroxylation sites is 1. The number of phenolic OH excluding ortho intramolecular Hbond substituents is 1. The molecule has 5 rings (SSSR count). The van der Waals surface area contributed by atoms with Crippen molar-refractivity contribution in [3.05, 3.63) is 95.0 Å². The number of carbonyl (C=O) groups excluding carboxylic acids is 2. The molecule has 1 saturated heterocycles. The van der Waals surface area contributed by atoms with Crippen molar-refractivity contribution in [3.63, 3.8) is 0 Å². The minimum Gasteiger partial charge on any atom is -0.507 e. The van der Waals surface area contributed by atoms with E-state index in [4.69, 9.17) is 5.10 Å². The zero-order valence-electron chi connectivity index (χ0n) is 18.5. The number of aromatic hydroxyl groups is 1. The maximum atomic E-state index is 13.5. The minimum atomic E-state index is -0.222. The molecule has 0 saturated carbocycles. The van der Waals surface area contributed by atoms with Crippen LogP contribution in [0.5, 0.6) is 5.75 Å². The van der Waals surface area contributed by atoms with E-state index in [0.717, 1.165) is 10.4 Å². The summed E-state index contributed by atoms with van der Waals surface area (Å²) in [6, 6.07) is 20.5. The number of thiophene rings is 1. The molecule has 0 aliphatic carbocycles. The summed E-state index contributed by atoms with van der Waals surface area (Å²) >= 11 is 1.55. The van der Waals surface area contributed by atoms with Gasteiger partial charge in [0.15, 0.2) is 0 Å². The van der Waals surface area contributed by atoms with E-state index in [1.165, 1.54) is 6.07 Å². The Morgan fingerprint density at radius 1 is 0.824 bits per heavy atom. The van der Waals surface area contributed by atoms with Crippen LogP contribution in [0, 0.1) is 0 Å². The quantitative estimate of drug-likeness (QED) is 0.477. The number of nitrogens with zero attached hydrogens (tertiary/aromatic N) is 4. The van der Waals surface area contributed by atoms with Crippen molar-refractivity contribution in [2.24, 2.45) is 0 Å². The van der Waals surface area contributed by atoms with Gasteiger partial charge in [0, 0.05) is 32.4 Å². The largest absolute Gasteiger partial charge is 0.507 e. The molecule has 7 nitrogen and oxygen atoms in total. The lowest BCUT2D eigenvalue weighted by molar-refractivity contribution is 0.0534. The lowest BCUT2D eigenvalue weighted by Crippen LogP contribution is -2.50. The second-order valence-electron chi connectivity index (χ2n) is 8.15. The SMILES string of the molecule is O=C(c1ccccc1O)N1CCN(C(=O)c2cn(Cc3ccccc3)nc2-c2cccs2)CC1. The molecule has 0 spiro atoms. The number of piperazine rings is 1. The van der Waals surface area contributed by atoms with E-state index < -0.39 is 0 Å². The average molecular weight is 473 g/mol. The van der Waals surface area contributed by atoms with Crippen LogP contribution in [0.1, 0.15) is 26.3 Å². The number of phenols is 1. The van der Waals surface area contributed by atoms with E-state index in [-0.39, 0.29) is 23.1 Å². The third-order valence-corrected chi connectivity index (χ3v) is 6.80. The van der Waals surface area contributed by atoms with Gasteiger partial charge in [-0.3, -0.25) is 14.3 Å². The Balaban J connectivity index is 1.33. The van der Waals surface area contributed by atoms with Crippen molar-refractivity contribution in [2.75, 3.05) is 26.2 Å². The van der Waals surface area contributed by atoms with E-state index in [1.54, 1.807) is 39.3 Å². The maximum absolute atomic E-state index is 13.5. The summed E-state index contributed by atoms with van der Waals surface area (Å²) in [5, 5.41) is 16.7. The highest BCUT2D eigenvalue weighted by molar-refractivity contribution is 7.13. The standard InChI is InChI=1S/C26H24N4O3S/c31-22-10-5-4-9-20(22)25(32)28-12-14-29(15-13-28)26(33)21-18-30(17-19-7-2-1-3-8-19)27-24(21)23-11-6-16-34-23/h1-11,16,18,31H,12-15,17H2. The first-order valence-electron chi connectivity index (χ1n) is 11.1. The molecule has 172 valence electrons. The molecule has 0 atom stereocenters. The number of carbonyl (C=O) groups is 2. The first-order chi connectivity index (χ1) is 16.6. The Bertz CT molecular complexity index is 1290. The third-order valence-electron chi connectivity index (χ3n) is 5.92. The molecule has 1 N–H and O–H groups in total. The van der Waals surface area contributed by atoms with Crippen molar-refractivity contribution in [1.82, 2.24) is 19.6 Å². The van der Waals surface area contributed by atoms with Crippen LogP contribution in [0.4, 0.5) is 0 Å². The molecular weight excluding hydrogens is 448 g/mol. The molecule has 8 heteroatoms. The number of benzene rings is 2. The van der Waals surface area contributed by atoms with E-state index in [2.05, 4.69) is 0 Å². The van der Waals surface area contributed by atoms with Crippen LogP contribution in [0.25, 0.3) is 10.6 Å². The van der Waals surface area contributed by atoms with Gasteiger partial charge >= 0.3 is 0 Å². The van der Waals surface area contributed by atoms with Gasteiger partial charge in [0.05, 0.1) is 22.5 Å². The lowest BCUT2D eigenvalue weighted by atomic mass is 10.1. The predicted octanol–water partition coefficient (Wildman–Crippen LogP) is 3.96. The van der Waals surface area contributed by atoms with Crippen LogP contribution in [0.2, 0.25) is 0 Å². The fourth-order valence-corrected chi connectivity index (χ4v) is 4.86. The zero-order valence-corrected chi connectivity index (χ0v) is 19.3. The first-order valence-corrected chi connectivity index (χ1v) is 12.0. The van der Waals surface area contributed by atoms with Crippen LogP contribution >= 0.6 is 11.3 Å². The van der Waals surface area contributed by atoms with Gasteiger partial charge in [0.2, 0.25) is 0 Å². The highest BCUT2D eigenvalue weighted by Gasteiger charge is 2.29. The van der Waals surface area contributed by atoms with Gasteiger partial charge in [-0.1, -0.05) is 48.5 Å². The molecule has 34 heavy (non-hydrogen) atoms. The summed E-state index contributed by atoms with van der Waals surface area (Å²) in [6.45, 7) is 2.24. The summed E-state index contributed by atoms with van der Waals surface area (Å²) in [4.78, 5) is 30.7. The fourth-order valence-electron chi connectivity index (χ4n) is 4.13. The van der Waals surface area contributed by atoms with Crippen molar-refractivity contribution in [1.29, 1.82) is 0 Å². The molecule has 1 aliphatic rings. The number of hydrogen-bond acceptors (Lipinski definition) is 5. The van der Waals surface area contributed by atoms with E-state index in [0.29, 0.717) is 44.0 Å². The molecule has 0 radical (unpaired) electrons. The molecule has 0 unspecified atom stereocenters. The monoisotopic (exact) mass is 472 g/mol. The zero-order chi connectivity index (χ0) is 23.5. The number of rotatable bonds is 5. The minimum absolute atomic E-state index is 0.0302. The highest BCUT2D eigenvalue weighted by atomic mass is 32.1. The summed E-state index contributed by atoms with van der Waals surface area (Å²) in [5.41, 5.74) is 2.64. The number of hydrogen-bond donors (Lipinski definition) is 1. The van der Waals surface area contributed by atoms with Gasteiger partial charge in [-0.25, -0.2) is 0 Å². The molecule has 2 aromatic carbocycles. The van der Waals surface area contributed by atoms with Crippen molar-refractivity contribution >= 4 is 23.2 Å². The Labute approximate surface area is 201 Å². The summed E-state index contributed by atoms with van der Waals surface area (Å²) in [6.07, 6.45) is 1.82. The molecule has 0 bridgehead atoms. The van der Waals surface area contributed by atoms with Crippen LogP contribution in [-0.2, 0) is 6.54 Å². The predicted molar refractivity (Wildman–Crippen MR) is 131 cm³/mol. The van der Waals surface area contributed by atoms with Gasteiger partial charge < -0.3 is 14.9 Å². The Morgan fingerprint density at radius 3 is 2.12 bits per heavy atom. The van der Waals surface area contributed by atoms with Gasteiger partial charge in [0.1, 0.15) is 11.4 Å². The van der Waals surface area contributed by atoms with E-state index in [9.17, 15) is 14.7 Å². The summed E-state index contributed by atoms with van der Waals surface area (Å²) < 4.78 is 1.82. The van der Waals surface area contributed by atoms with Gasteiger partial charge in [-0.15, -0.1) is 11.3 Å². The molecule has 1 fully saturated rings. The van der Waals surface area contributed by atoms with Crippen LogP contribution in [0.3, 0.4) is 0 Å². The van der Waals surface area contributed by atoms with Crippen LogP contribution < -0.4 is 0 Å². The van der Waals surface area contributed by atoms with E-state index >= 15 is 0 Å². The first kappa shape index (κ1) is 21.9. The Hall–Kier alpha value is -3.91. The van der Waals surface area contributed by atoms with Gasteiger partial charge in [0.25, 0.3) is 11.8 Å². The van der Waals surface area contributed by atoms with Crippen molar-refractivity contribution in [2.45, 2.75) is 6.54 Å². The van der Waals surface area contributed by atoms with Crippen molar-refractivity contribution in [3.8, 4) is 16.3 Å². The Kier molecular flexibility index (Phi) is 6.14. The van der Waals surface area contributed by atoms with Crippen molar-refractivity contribution < 1.29 is 14.7 Å². The topological polar surface area (TPSA) is 78.7 Å². The second-order valence-corrected chi connectivity index (χ2v) is 9.10. The maximum Gasteiger partial charge on any atom is 0.257 e. The molecule has 2 aromatic heterocycles. The highest BCUT2D eigenvalue weighted by Crippen LogP contribution is 2.28. The molecule has 3 heterocycles. The number of amides is 2. The smallest absolute Gasteiger partial charge is 0.257 e. The summed E-state index contributed by atoms with van der Waals surface area (Å²) in [7, 11) is 0. The normalized spacial score (nSPS) is 13.8. The second kappa shape index (κ2) is 9.52. The van der Waals surface area contributed by atoms with Crippen LogP contribution in [0.15, 0.2) is 78.3 Å². The van der Waals surface area contributed by atoms with E-state index in [1.807, 2.05) is 58.7 Å². The third kappa shape index (κ3) is 4.45. The fraction of sp³-hybridized carbons (Fsp3) is 0.192.